The Labute approximate surface area is 200 Å². The van der Waals surface area contributed by atoms with Gasteiger partial charge in [0.1, 0.15) is 0 Å². The maximum absolute atomic E-state index is 8.54. The van der Waals surface area contributed by atoms with Crippen molar-refractivity contribution in [1.29, 1.82) is 5.41 Å². The Morgan fingerprint density at radius 2 is 1.27 bits per heavy atom. The molecule has 1 aromatic carbocycles. The summed E-state index contributed by atoms with van der Waals surface area (Å²) in [6, 6.07) is 11.0. The van der Waals surface area contributed by atoms with Crippen molar-refractivity contribution < 1.29 is 0 Å². The molecule has 0 aliphatic carbocycles. The average molecular weight is 439 g/mol. The largest absolute Gasteiger partial charge is 0.299 e. The van der Waals surface area contributed by atoms with Gasteiger partial charge in [0, 0.05) is 0 Å². The second-order valence-corrected chi connectivity index (χ2v) is 10.4. The van der Waals surface area contributed by atoms with Crippen LogP contribution in [0.1, 0.15) is 71.0 Å². The van der Waals surface area contributed by atoms with Gasteiger partial charge in [0.2, 0.25) is 0 Å². The van der Waals surface area contributed by atoms with Crippen LogP contribution in [0.4, 0.5) is 0 Å². The molecule has 33 heavy (non-hydrogen) atoms. The number of pyridine rings is 1. The van der Waals surface area contributed by atoms with Gasteiger partial charge in [-0.25, -0.2) is 4.98 Å². The van der Waals surface area contributed by atoms with Gasteiger partial charge in [0.25, 0.3) is 0 Å². The molecule has 1 aromatic heterocycles. The molecule has 0 radical (unpaired) electrons. The molecule has 2 heteroatoms. The molecule has 2 nitrogen and oxygen atoms in total. The minimum Gasteiger partial charge on any atom is -0.299 e. The van der Waals surface area contributed by atoms with E-state index in [1.54, 1.807) is 24.3 Å². The highest BCUT2D eigenvalue weighted by Crippen LogP contribution is 2.34. The zero-order valence-electron chi connectivity index (χ0n) is 21.3. The predicted octanol–water partition coefficient (Wildman–Crippen LogP) is 8.60. The Balaban J connectivity index is 2.80. The van der Waals surface area contributed by atoms with Gasteiger partial charge >= 0.3 is 0 Å². The van der Waals surface area contributed by atoms with E-state index in [1.807, 2.05) is 31.2 Å². The van der Waals surface area contributed by atoms with Crippen LogP contribution >= 0.6 is 0 Å². The van der Waals surface area contributed by atoms with Crippen LogP contribution in [-0.4, -0.2) is 10.7 Å². The minimum atomic E-state index is 0.0272. The van der Waals surface area contributed by atoms with E-state index in [0.29, 0.717) is 11.4 Å². The molecule has 2 rings (SSSR count). The SMILES string of the molecule is C=C/C=C\C=C(/C)c1cc(-c2cc(C(C)(C)C)cc(C(C)(C)C)c2)cc(C(=N)/C=C\C=C)n1. The first kappa shape index (κ1) is 26.0. The van der Waals surface area contributed by atoms with E-state index in [0.717, 1.165) is 22.4 Å². The molecular formula is C31H38N2. The van der Waals surface area contributed by atoms with E-state index in [4.69, 9.17) is 10.4 Å². The van der Waals surface area contributed by atoms with Crippen LogP contribution in [0.2, 0.25) is 0 Å². The number of aromatic nitrogens is 1. The number of allylic oxidation sites excluding steroid dienone is 8. The third-order valence-electron chi connectivity index (χ3n) is 5.50. The highest BCUT2D eigenvalue weighted by atomic mass is 14.7. The highest BCUT2D eigenvalue weighted by molar-refractivity contribution is 6.06. The summed E-state index contributed by atoms with van der Waals surface area (Å²) in [4.78, 5) is 4.79. The van der Waals surface area contributed by atoms with Gasteiger partial charge in [-0.05, 0) is 63.8 Å². The molecule has 2 aromatic rings. The molecule has 1 heterocycles. The third-order valence-corrected chi connectivity index (χ3v) is 5.50. The molecule has 0 saturated carbocycles. The zero-order valence-corrected chi connectivity index (χ0v) is 21.3. The van der Waals surface area contributed by atoms with Crippen LogP contribution in [0.25, 0.3) is 16.7 Å². The lowest BCUT2D eigenvalue weighted by Crippen LogP contribution is -2.16. The molecule has 1 N–H and O–H groups in total. The summed E-state index contributed by atoms with van der Waals surface area (Å²) in [7, 11) is 0. The van der Waals surface area contributed by atoms with Gasteiger partial charge in [0.05, 0.1) is 17.1 Å². The van der Waals surface area contributed by atoms with E-state index in [2.05, 4.69) is 79.0 Å². The maximum Gasteiger partial charge on any atom is 0.0892 e. The summed E-state index contributed by atoms with van der Waals surface area (Å²) in [5, 5.41) is 8.54. The first-order valence-electron chi connectivity index (χ1n) is 11.4. The van der Waals surface area contributed by atoms with Crippen molar-refractivity contribution >= 4 is 11.3 Å². The van der Waals surface area contributed by atoms with Crippen LogP contribution in [0, 0.1) is 5.41 Å². The van der Waals surface area contributed by atoms with Crippen LogP contribution in [-0.2, 0) is 10.8 Å². The first-order chi connectivity index (χ1) is 15.4. The normalized spacial score (nSPS) is 13.0. The van der Waals surface area contributed by atoms with E-state index in [1.165, 1.54) is 11.1 Å². The summed E-state index contributed by atoms with van der Waals surface area (Å²) in [6.07, 6.45) is 12.8. The molecule has 0 amide bonds. The van der Waals surface area contributed by atoms with Crippen LogP contribution < -0.4 is 0 Å². The fourth-order valence-electron chi connectivity index (χ4n) is 3.31. The van der Waals surface area contributed by atoms with E-state index in [9.17, 15) is 0 Å². The Hall–Kier alpha value is -3.26. The second-order valence-electron chi connectivity index (χ2n) is 10.4. The van der Waals surface area contributed by atoms with Gasteiger partial charge < -0.3 is 0 Å². The van der Waals surface area contributed by atoms with Gasteiger partial charge in [-0.2, -0.15) is 0 Å². The smallest absolute Gasteiger partial charge is 0.0892 e. The zero-order chi connectivity index (χ0) is 24.8. The van der Waals surface area contributed by atoms with Crippen LogP contribution in [0.5, 0.6) is 0 Å². The van der Waals surface area contributed by atoms with Gasteiger partial charge in [-0.3, -0.25) is 5.41 Å². The molecule has 0 bridgehead atoms. The van der Waals surface area contributed by atoms with Crippen molar-refractivity contribution in [1.82, 2.24) is 4.98 Å². The number of rotatable bonds is 7. The van der Waals surface area contributed by atoms with Crippen LogP contribution in [0.15, 0.2) is 86.0 Å². The molecule has 0 aliphatic rings. The van der Waals surface area contributed by atoms with Crippen molar-refractivity contribution in [3.63, 3.8) is 0 Å². The quantitative estimate of drug-likeness (QED) is 0.341. The van der Waals surface area contributed by atoms with Crippen LogP contribution in [0.3, 0.4) is 0 Å². The number of nitrogens with one attached hydrogen (secondary N) is 1. The maximum atomic E-state index is 8.54. The molecule has 0 atom stereocenters. The molecule has 0 aliphatic heterocycles. The van der Waals surface area contributed by atoms with Crippen molar-refractivity contribution in [2.45, 2.75) is 59.3 Å². The number of hydrogen-bond acceptors (Lipinski definition) is 2. The standard InChI is InChI=1S/C31H38N2/c1-10-12-14-15-22(3)28-19-24(20-29(33-28)27(32)16-13-11-2)23-17-25(30(4,5)6)21-26(18-23)31(7,8)9/h10-21,32H,1-2H2,3-9H3/b14-12-,16-13-,22-15+,32-27?. The molecule has 0 unspecified atom stereocenters. The Morgan fingerprint density at radius 3 is 1.79 bits per heavy atom. The summed E-state index contributed by atoms with van der Waals surface area (Å²) < 4.78 is 0. The van der Waals surface area contributed by atoms with E-state index < -0.39 is 0 Å². The summed E-state index contributed by atoms with van der Waals surface area (Å²) >= 11 is 0. The van der Waals surface area contributed by atoms with Crippen molar-refractivity contribution in [3.8, 4) is 11.1 Å². The fraction of sp³-hybridized carbons (Fsp3) is 0.290. The number of hydrogen-bond donors (Lipinski definition) is 1. The first-order valence-corrected chi connectivity index (χ1v) is 11.4. The average Bonchev–Trinajstić information content (AvgIpc) is 2.75. The predicted molar refractivity (Wildman–Crippen MR) is 146 cm³/mol. The minimum absolute atomic E-state index is 0.0272. The molecule has 0 saturated heterocycles. The number of nitrogens with zero attached hydrogens (tertiary/aromatic N) is 1. The fourth-order valence-corrected chi connectivity index (χ4v) is 3.31. The third kappa shape index (κ3) is 7.12. The van der Waals surface area contributed by atoms with Gasteiger partial charge in [-0.1, -0.05) is 109 Å². The lowest BCUT2D eigenvalue weighted by Gasteiger charge is -2.26. The van der Waals surface area contributed by atoms with Gasteiger partial charge in [-0.15, -0.1) is 0 Å². The number of benzene rings is 1. The Morgan fingerprint density at radius 1 is 0.758 bits per heavy atom. The topological polar surface area (TPSA) is 36.7 Å². The van der Waals surface area contributed by atoms with E-state index in [-0.39, 0.29) is 10.8 Å². The Bertz CT molecular complexity index is 1090. The lowest BCUT2D eigenvalue weighted by molar-refractivity contribution is 0.569. The summed E-state index contributed by atoms with van der Waals surface area (Å²) in [6.45, 7) is 23.0. The van der Waals surface area contributed by atoms with Crippen molar-refractivity contribution in [2.75, 3.05) is 0 Å². The monoisotopic (exact) mass is 438 g/mol. The van der Waals surface area contributed by atoms with Crippen molar-refractivity contribution in [2.24, 2.45) is 0 Å². The molecule has 0 fully saturated rings. The van der Waals surface area contributed by atoms with Crippen molar-refractivity contribution in [3.05, 3.63) is 109 Å². The summed E-state index contributed by atoms with van der Waals surface area (Å²) in [5.41, 5.74) is 7.73. The summed E-state index contributed by atoms with van der Waals surface area (Å²) in [5.74, 6) is 0. The lowest BCUT2D eigenvalue weighted by atomic mass is 9.79. The van der Waals surface area contributed by atoms with E-state index >= 15 is 0 Å². The highest BCUT2D eigenvalue weighted by Gasteiger charge is 2.21. The molecule has 0 spiro atoms. The van der Waals surface area contributed by atoms with Gasteiger partial charge in [0.15, 0.2) is 0 Å². The second kappa shape index (κ2) is 10.6. The Kier molecular flexibility index (Phi) is 8.33. The molecular weight excluding hydrogens is 400 g/mol. The molecule has 172 valence electrons.